The number of hydrogen-bond acceptors (Lipinski definition) is 4. The second kappa shape index (κ2) is 5.68. The predicted octanol–water partition coefficient (Wildman–Crippen LogP) is 1.18. The molecule has 0 aliphatic carbocycles. The molecule has 1 atom stereocenters. The van der Waals surface area contributed by atoms with Crippen molar-refractivity contribution >= 4 is 22.4 Å². The van der Waals surface area contributed by atoms with Crippen molar-refractivity contribution in [3.8, 4) is 10.6 Å². The molecular weight excluding hydrogens is 272 g/mol. The Kier molecular flexibility index (Phi) is 3.75. The van der Waals surface area contributed by atoms with Crippen molar-refractivity contribution in [1.29, 1.82) is 0 Å². The van der Waals surface area contributed by atoms with Gasteiger partial charge in [0.05, 0.1) is 6.54 Å². The highest BCUT2D eigenvalue weighted by Gasteiger charge is 2.26. The number of amides is 1. The van der Waals surface area contributed by atoms with Crippen LogP contribution in [0.2, 0.25) is 0 Å². The van der Waals surface area contributed by atoms with Crippen molar-refractivity contribution in [2.75, 3.05) is 11.9 Å². The van der Waals surface area contributed by atoms with E-state index in [4.69, 9.17) is 0 Å². The highest BCUT2D eigenvalue weighted by Crippen LogP contribution is 2.26. The monoisotopic (exact) mass is 289 g/mol. The van der Waals surface area contributed by atoms with Gasteiger partial charge >= 0.3 is 0 Å². The SMILES string of the molecule is Cc1cccc(-c2nnc(NC(=O)[C@@H]3CCC[NH2+]3)s2)c1. The molecule has 0 spiro atoms. The van der Waals surface area contributed by atoms with Gasteiger partial charge in [0.25, 0.3) is 5.91 Å². The molecule has 1 aliphatic heterocycles. The number of aromatic nitrogens is 2. The molecule has 20 heavy (non-hydrogen) atoms. The van der Waals surface area contributed by atoms with E-state index in [2.05, 4.69) is 26.9 Å². The fourth-order valence-electron chi connectivity index (χ4n) is 2.38. The first-order chi connectivity index (χ1) is 9.72. The Labute approximate surface area is 121 Å². The normalized spacial score (nSPS) is 18.1. The molecule has 2 aromatic rings. The number of nitrogens with two attached hydrogens (primary N) is 1. The number of aryl methyl sites for hydroxylation is 1. The lowest BCUT2D eigenvalue weighted by molar-refractivity contribution is -0.656. The largest absolute Gasteiger partial charge is 0.336 e. The summed E-state index contributed by atoms with van der Waals surface area (Å²) in [6.45, 7) is 3.08. The van der Waals surface area contributed by atoms with E-state index < -0.39 is 0 Å². The van der Waals surface area contributed by atoms with Crippen LogP contribution in [0.3, 0.4) is 0 Å². The number of rotatable bonds is 3. The second-order valence-corrected chi connectivity index (χ2v) is 6.02. The Morgan fingerprint density at radius 1 is 1.45 bits per heavy atom. The molecule has 6 heteroatoms. The molecule has 1 saturated heterocycles. The lowest BCUT2D eigenvalue weighted by Gasteiger charge is -2.04. The Morgan fingerprint density at radius 3 is 3.10 bits per heavy atom. The first-order valence-electron chi connectivity index (χ1n) is 6.77. The zero-order chi connectivity index (χ0) is 13.9. The van der Waals surface area contributed by atoms with Gasteiger partial charge in [-0.2, -0.15) is 0 Å². The molecule has 1 aliphatic rings. The standard InChI is InChI=1S/C14H16N4OS/c1-9-4-2-5-10(8-9)13-17-18-14(20-13)16-12(19)11-6-3-7-15-11/h2,4-5,8,11,15H,3,6-7H2,1H3,(H,16,18,19)/p+1/t11-/m0/s1. The van der Waals surface area contributed by atoms with Crippen LogP contribution >= 0.6 is 11.3 Å². The third kappa shape index (κ3) is 2.86. The van der Waals surface area contributed by atoms with Crippen LogP contribution in [-0.2, 0) is 4.79 Å². The summed E-state index contributed by atoms with van der Waals surface area (Å²) in [5, 5.41) is 14.6. The Bertz CT molecular complexity index is 619. The molecule has 2 heterocycles. The molecule has 0 unspecified atom stereocenters. The number of nitrogens with zero attached hydrogens (tertiary/aromatic N) is 2. The van der Waals surface area contributed by atoms with Gasteiger partial charge in [0.1, 0.15) is 5.01 Å². The second-order valence-electron chi connectivity index (χ2n) is 5.04. The fourth-order valence-corrected chi connectivity index (χ4v) is 3.12. The molecular formula is C14H17N4OS+. The molecule has 0 bridgehead atoms. The van der Waals surface area contributed by atoms with Gasteiger partial charge in [0.2, 0.25) is 5.13 Å². The minimum atomic E-state index is 0.0290. The number of carbonyl (C=O) groups excluding carboxylic acids is 1. The summed E-state index contributed by atoms with van der Waals surface area (Å²) in [6.07, 6.45) is 2.04. The Morgan fingerprint density at radius 2 is 2.35 bits per heavy atom. The quantitative estimate of drug-likeness (QED) is 0.891. The van der Waals surface area contributed by atoms with E-state index in [0.29, 0.717) is 5.13 Å². The predicted molar refractivity (Wildman–Crippen MR) is 78.5 cm³/mol. The smallest absolute Gasteiger partial charge is 0.284 e. The minimum absolute atomic E-state index is 0.0290. The summed E-state index contributed by atoms with van der Waals surface area (Å²) in [6, 6.07) is 8.14. The first kappa shape index (κ1) is 13.2. The van der Waals surface area contributed by atoms with Crippen molar-refractivity contribution in [3.05, 3.63) is 29.8 Å². The number of nitrogens with one attached hydrogen (secondary N) is 1. The molecule has 1 aromatic carbocycles. The van der Waals surface area contributed by atoms with Gasteiger partial charge in [-0.3, -0.25) is 10.1 Å². The van der Waals surface area contributed by atoms with Crippen molar-refractivity contribution < 1.29 is 10.1 Å². The Balaban J connectivity index is 1.72. The first-order valence-corrected chi connectivity index (χ1v) is 7.59. The number of quaternary nitrogens is 1. The van der Waals surface area contributed by atoms with E-state index in [-0.39, 0.29) is 11.9 Å². The van der Waals surface area contributed by atoms with Crippen LogP contribution in [0.1, 0.15) is 18.4 Å². The van der Waals surface area contributed by atoms with Crippen LogP contribution in [0.4, 0.5) is 5.13 Å². The Hall–Kier alpha value is -1.79. The van der Waals surface area contributed by atoms with Crippen molar-refractivity contribution in [2.45, 2.75) is 25.8 Å². The third-order valence-electron chi connectivity index (χ3n) is 3.43. The van der Waals surface area contributed by atoms with Gasteiger partial charge in [0.15, 0.2) is 6.04 Å². The maximum Gasteiger partial charge on any atom is 0.284 e. The van der Waals surface area contributed by atoms with E-state index in [9.17, 15) is 4.79 Å². The summed E-state index contributed by atoms with van der Waals surface area (Å²) in [5.41, 5.74) is 2.22. The topological polar surface area (TPSA) is 71.5 Å². The van der Waals surface area contributed by atoms with E-state index in [1.807, 2.05) is 25.1 Å². The third-order valence-corrected chi connectivity index (χ3v) is 4.32. The van der Waals surface area contributed by atoms with E-state index in [0.717, 1.165) is 30.0 Å². The number of anilines is 1. The van der Waals surface area contributed by atoms with Crippen LogP contribution in [0.5, 0.6) is 0 Å². The summed E-state index contributed by atoms with van der Waals surface area (Å²) in [4.78, 5) is 12.0. The van der Waals surface area contributed by atoms with E-state index in [1.165, 1.54) is 16.9 Å². The average molecular weight is 289 g/mol. The van der Waals surface area contributed by atoms with Crippen LogP contribution in [0.25, 0.3) is 10.6 Å². The molecule has 0 saturated carbocycles. The number of hydrogen-bond donors (Lipinski definition) is 2. The van der Waals surface area contributed by atoms with Crippen LogP contribution in [-0.4, -0.2) is 28.7 Å². The van der Waals surface area contributed by atoms with Crippen LogP contribution in [0.15, 0.2) is 24.3 Å². The van der Waals surface area contributed by atoms with Crippen LogP contribution in [0, 0.1) is 6.92 Å². The van der Waals surface area contributed by atoms with Gasteiger partial charge in [0, 0.05) is 18.4 Å². The number of carbonyl (C=O) groups is 1. The van der Waals surface area contributed by atoms with Gasteiger partial charge < -0.3 is 5.32 Å². The summed E-state index contributed by atoms with van der Waals surface area (Å²) in [5.74, 6) is 0.0365. The lowest BCUT2D eigenvalue weighted by Crippen LogP contribution is -2.88. The molecule has 0 radical (unpaired) electrons. The van der Waals surface area contributed by atoms with Crippen molar-refractivity contribution in [2.24, 2.45) is 0 Å². The van der Waals surface area contributed by atoms with E-state index in [1.54, 1.807) is 0 Å². The molecule has 3 N–H and O–H groups in total. The molecule has 1 amide bonds. The minimum Gasteiger partial charge on any atom is -0.336 e. The maximum atomic E-state index is 12.0. The zero-order valence-electron chi connectivity index (χ0n) is 11.3. The molecule has 104 valence electrons. The lowest BCUT2D eigenvalue weighted by atomic mass is 10.1. The summed E-state index contributed by atoms with van der Waals surface area (Å²) < 4.78 is 0. The summed E-state index contributed by atoms with van der Waals surface area (Å²) in [7, 11) is 0. The average Bonchev–Trinajstić information content (AvgIpc) is 3.10. The fraction of sp³-hybridized carbons (Fsp3) is 0.357. The molecule has 1 fully saturated rings. The highest BCUT2D eigenvalue weighted by atomic mass is 32.1. The highest BCUT2D eigenvalue weighted by molar-refractivity contribution is 7.18. The van der Waals surface area contributed by atoms with Crippen LogP contribution < -0.4 is 10.6 Å². The number of benzene rings is 1. The van der Waals surface area contributed by atoms with Gasteiger partial charge in [-0.1, -0.05) is 35.1 Å². The van der Waals surface area contributed by atoms with Gasteiger partial charge in [-0.05, 0) is 13.0 Å². The van der Waals surface area contributed by atoms with Gasteiger partial charge in [-0.25, -0.2) is 0 Å². The van der Waals surface area contributed by atoms with Crippen molar-refractivity contribution in [3.63, 3.8) is 0 Å². The van der Waals surface area contributed by atoms with E-state index >= 15 is 0 Å². The molecule has 5 nitrogen and oxygen atoms in total. The zero-order valence-corrected chi connectivity index (χ0v) is 12.1. The maximum absolute atomic E-state index is 12.0. The van der Waals surface area contributed by atoms with Gasteiger partial charge in [-0.15, -0.1) is 10.2 Å². The van der Waals surface area contributed by atoms with Crippen molar-refractivity contribution in [1.82, 2.24) is 10.2 Å². The molecule has 3 rings (SSSR count). The molecule has 1 aromatic heterocycles. The summed E-state index contributed by atoms with van der Waals surface area (Å²) >= 11 is 1.41.